The van der Waals surface area contributed by atoms with Crippen LogP contribution in [0.25, 0.3) is 0 Å². The lowest BCUT2D eigenvalue weighted by molar-refractivity contribution is -0.132. The standard InChI is InChI=1S/C17H17NO2S/c19-15(16-6-3-11-21-16)7-8-17(20)18-10-9-13-4-1-2-5-14(13)12-18/h1-6,11H,7-10,12H2. The third-order valence-corrected chi connectivity index (χ3v) is 4.76. The molecule has 0 saturated heterocycles. The van der Waals surface area contributed by atoms with Crippen molar-refractivity contribution < 1.29 is 9.59 Å². The summed E-state index contributed by atoms with van der Waals surface area (Å²) in [5.41, 5.74) is 2.55. The van der Waals surface area contributed by atoms with Crippen molar-refractivity contribution in [1.82, 2.24) is 4.90 Å². The predicted octanol–water partition coefficient (Wildman–Crippen LogP) is 3.30. The molecular formula is C17H17NO2S. The number of nitrogens with zero attached hydrogens (tertiary/aromatic N) is 1. The van der Waals surface area contributed by atoms with Gasteiger partial charge >= 0.3 is 0 Å². The number of Topliss-reactive ketones (excluding diaryl/α,β-unsaturated/α-hetero) is 1. The third-order valence-electron chi connectivity index (χ3n) is 3.85. The number of rotatable bonds is 4. The first-order valence-corrected chi connectivity index (χ1v) is 8.03. The summed E-state index contributed by atoms with van der Waals surface area (Å²) in [5.74, 6) is 0.144. The van der Waals surface area contributed by atoms with Crippen LogP contribution in [-0.4, -0.2) is 23.1 Å². The molecule has 1 aromatic carbocycles. The molecule has 21 heavy (non-hydrogen) atoms. The Labute approximate surface area is 128 Å². The van der Waals surface area contributed by atoms with Crippen LogP contribution in [0.4, 0.5) is 0 Å². The molecule has 0 unspecified atom stereocenters. The lowest BCUT2D eigenvalue weighted by Crippen LogP contribution is -2.36. The van der Waals surface area contributed by atoms with Crippen molar-refractivity contribution in [3.8, 4) is 0 Å². The smallest absolute Gasteiger partial charge is 0.223 e. The fraction of sp³-hybridized carbons (Fsp3) is 0.294. The van der Waals surface area contributed by atoms with E-state index in [9.17, 15) is 9.59 Å². The molecule has 0 bridgehead atoms. The van der Waals surface area contributed by atoms with E-state index in [2.05, 4.69) is 12.1 Å². The average Bonchev–Trinajstić information content (AvgIpc) is 3.06. The number of thiophene rings is 1. The fourth-order valence-electron chi connectivity index (χ4n) is 2.65. The van der Waals surface area contributed by atoms with E-state index < -0.39 is 0 Å². The van der Waals surface area contributed by atoms with Gasteiger partial charge in [0, 0.05) is 25.9 Å². The van der Waals surface area contributed by atoms with Gasteiger partial charge in [0.2, 0.25) is 5.91 Å². The van der Waals surface area contributed by atoms with E-state index in [0.717, 1.165) is 17.8 Å². The van der Waals surface area contributed by atoms with Gasteiger partial charge in [-0.1, -0.05) is 30.3 Å². The van der Waals surface area contributed by atoms with Gasteiger partial charge in [0.05, 0.1) is 4.88 Å². The number of carbonyl (C=O) groups excluding carboxylic acids is 2. The second-order valence-electron chi connectivity index (χ2n) is 5.23. The Balaban J connectivity index is 1.56. The summed E-state index contributed by atoms with van der Waals surface area (Å²) in [4.78, 5) is 26.8. The lowest BCUT2D eigenvalue weighted by Gasteiger charge is -2.28. The zero-order valence-electron chi connectivity index (χ0n) is 11.7. The number of fused-ring (bicyclic) bond motifs is 1. The molecular weight excluding hydrogens is 282 g/mol. The van der Waals surface area contributed by atoms with Crippen molar-refractivity contribution in [2.24, 2.45) is 0 Å². The van der Waals surface area contributed by atoms with Gasteiger partial charge in [0.25, 0.3) is 0 Å². The first kappa shape index (κ1) is 14.0. The Morgan fingerprint density at radius 1 is 1.05 bits per heavy atom. The number of carbonyl (C=O) groups is 2. The van der Waals surface area contributed by atoms with E-state index in [1.54, 1.807) is 0 Å². The zero-order chi connectivity index (χ0) is 14.7. The maximum atomic E-state index is 12.3. The molecule has 108 valence electrons. The highest BCUT2D eigenvalue weighted by Crippen LogP contribution is 2.20. The van der Waals surface area contributed by atoms with Crippen LogP contribution >= 0.6 is 11.3 Å². The van der Waals surface area contributed by atoms with Crippen LogP contribution in [0, 0.1) is 0 Å². The lowest BCUT2D eigenvalue weighted by atomic mass is 9.99. The normalized spacial score (nSPS) is 13.8. The highest BCUT2D eigenvalue weighted by atomic mass is 32.1. The second kappa shape index (κ2) is 6.22. The number of benzene rings is 1. The molecule has 0 atom stereocenters. The molecule has 3 nitrogen and oxygen atoms in total. The SMILES string of the molecule is O=C(CCC(=O)N1CCc2ccccc2C1)c1cccs1. The van der Waals surface area contributed by atoms with Gasteiger partial charge in [-0.15, -0.1) is 11.3 Å². The first-order chi connectivity index (χ1) is 10.2. The summed E-state index contributed by atoms with van der Waals surface area (Å²) in [5, 5.41) is 1.89. The van der Waals surface area contributed by atoms with Gasteiger partial charge in [-0.05, 0) is 29.0 Å². The molecule has 4 heteroatoms. The highest BCUT2D eigenvalue weighted by Gasteiger charge is 2.21. The molecule has 1 aromatic heterocycles. The van der Waals surface area contributed by atoms with Gasteiger partial charge in [-0.3, -0.25) is 9.59 Å². The minimum Gasteiger partial charge on any atom is -0.338 e. The molecule has 0 N–H and O–H groups in total. The summed E-state index contributed by atoms with van der Waals surface area (Å²) in [6.45, 7) is 1.42. The van der Waals surface area contributed by atoms with E-state index in [4.69, 9.17) is 0 Å². The fourth-order valence-corrected chi connectivity index (χ4v) is 3.34. The van der Waals surface area contributed by atoms with E-state index >= 15 is 0 Å². The van der Waals surface area contributed by atoms with Crippen LogP contribution in [0.2, 0.25) is 0 Å². The Kier molecular flexibility index (Phi) is 4.15. The number of hydrogen-bond acceptors (Lipinski definition) is 3. The summed E-state index contributed by atoms with van der Waals surface area (Å²) in [6, 6.07) is 11.9. The van der Waals surface area contributed by atoms with Crippen LogP contribution in [0.5, 0.6) is 0 Å². The maximum Gasteiger partial charge on any atom is 0.223 e. The second-order valence-corrected chi connectivity index (χ2v) is 6.18. The predicted molar refractivity (Wildman–Crippen MR) is 83.4 cm³/mol. The van der Waals surface area contributed by atoms with E-state index in [1.165, 1.54) is 22.5 Å². The van der Waals surface area contributed by atoms with Crippen molar-refractivity contribution in [1.29, 1.82) is 0 Å². The Morgan fingerprint density at radius 3 is 2.62 bits per heavy atom. The quantitative estimate of drug-likeness (QED) is 0.812. The van der Waals surface area contributed by atoms with E-state index in [0.29, 0.717) is 19.4 Å². The van der Waals surface area contributed by atoms with Crippen molar-refractivity contribution in [3.63, 3.8) is 0 Å². The van der Waals surface area contributed by atoms with Gasteiger partial charge in [-0.2, -0.15) is 0 Å². The molecule has 0 fully saturated rings. The number of hydrogen-bond donors (Lipinski definition) is 0. The Morgan fingerprint density at radius 2 is 1.86 bits per heavy atom. The molecule has 3 rings (SSSR count). The maximum absolute atomic E-state index is 12.3. The monoisotopic (exact) mass is 299 g/mol. The summed E-state index contributed by atoms with van der Waals surface area (Å²) < 4.78 is 0. The summed E-state index contributed by atoms with van der Waals surface area (Å²) >= 11 is 1.43. The molecule has 1 aliphatic rings. The van der Waals surface area contributed by atoms with Crippen LogP contribution in [0.1, 0.15) is 33.6 Å². The van der Waals surface area contributed by atoms with E-state index in [1.807, 2.05) is 34.5 Å². The van der Waals surface area contributed by atoms with Crippen LogP contribution in [0.15, 0.2) is 41.8 Å². The minimum absolute atomic E-state index is 0.0655. The minimum atomic E-state index is 0.0655. The molecule has 2 aromatic rings. The largest absolute Gasteiger partial charge is 0.338 e. The van der Waals surface area contributed by atoms with Crippen LogP contribution in [-0.2, 0) is 17.8 Å². The van der Waals surface area contributed by atoms with Crippen LogP contribution in [0.3, 0.4) is 0 Å². The molecule has 0 spiro atoms. The highest BCUT2D eigenvalue weighted by molar-refractivity contribution is 7.12. The average molecular weight is 299 g/mol. The van der Waals surface area contributed by atoms with Crippen molar-refractivity contribution in [2.45, 2.75) is 25.8 Å². The molecule has 0 saturated carbocycles. The van der Waals surface area contributed by atoms with Gasteiger partial charge < -0.3 is 4.90 Å². The topological polar surface area (TPSA) is 37.4 Å². The molecule has 1 aliphatic heterocycles. The van der Waals surface area contributed by atoms with Gasteiger partial charge in [-0.25, -0.2) is 0 Å². The number of amides is 1. The molecule has 0 aliphatic carbocycles. The van der Waals surface area contributed by atoms with Crippen molar-refractivity contribution >= 4 is 23.0 Å². The van der Waals surface area contributed by atoms with Crippen molar-refractivity contribution in [3.05, 3.63) is 57.8 Å². The molecule has 0 radical (unpaired) electrons. The van der Waals surface area contributed by atoms with E-state index in [-0.39, 0.29) is 11.7 Å². The first-order valence-electron chi connectivity index (χ1n) is 7.15. The number of ketones is 1. The van der Waals surface area contributed by atoms with Gasteiger partial charge in [0.1, 0.15) is 0 Å². The Bertz CT molecular complexity index is 649. The van der Waals surface area contributed by atoms with Crippen molar-refractivity contribution in [2.75, 3.05) is 6.54 Å². The van der Waals surface area contributed by atoms with Crippen LogP contribution < -0.4 is 0 Å². The summed E-state index contributed by atoms with van der Waals surface area (Å²) in [7, 11) is 0. The molecule has 2 heterocycles. The van der Waals surface area contributed by atoms with Gasteiger partial charge in [0.15, 0.2) is 5.78 Å². The zero-order valence-corrected chi connectivity index (χ0v) is 12.6. The summed E-state index contributed by atoms with van der Waals surface area (Å²) in [6.07, 6.45) is 1.51. The third kappa shape index (κ3) is 3.22. The molecule has 1 amide bonds. The Hall–Kier alpha value is -1.94.